The smallest absolute Gasteiger partial charge is 0.425 e. The van der Waals surface area contributed by atoms with Crippen LogP contribution in [0.1, 0.15) is 47.8 Å². The minimum atomic E-state index is -1.43. The number of fused-ring (bicyclic) bond motifs is 1. The number of hydrogen-bond donors (Lipinski definition) is 3. The first-order chi connectivity index (χ1) is 15.6. The molecule has 0 aromatic carbocycles. The number of amides is 2. The van der Waals surface area contributed by atoms with Crippen molar-refractivity contribution in [2.75, 3.05) is 11.5 Å². The number of aliphatic hydroxyl groups is 3. The molecule has 2 aromatic heterocycles. The van der Waals surface area contributed by atoms with Crippen LogP contribution in [0.2, 0.25) is 5.28 Å². The van der Waals surface area contributed by atoms with E-state index < -0.39 is 54.5 Å². The monoisotopic (exact) mass is 501 g/mol. The number of halogens is 1. The first-order valence-electron chi connectivity index (χ1n) is 10.4. The summed E-state index contributed by atoms with van der Waals surface area (Å²) in [5.74, 6) is -0.316. The van der Waals surface area contributed by atoms with Crippen molar-refractivity contribution in [3.63, 3.8) is 0 Å². The van der Waals surface area contributed by atoms with Crippen LogP contribution in [0.3, 0.4) is 0 Å². The molecule has 0 aliphatic carbocycles. The van der Waals surface area contributed by atoms with Crippen molar-refractivity contribution < 1.29 is 39.1 Å². The Morgan fingerprint density at radius 2 is 1.65 bits per heavy atom. The predicted octanol–water partition coefficient (Wildman–Crippen LogP) is 1.77. The van der Waals surface area contributed by atoms with Gasteiger partial charge >= 0.3 is 12.2 Å². The SMILES string of the molecule is CC(C)(C)OC(=O)N(C(=O)OC(C)(C)C)c1nc(Cl)nc2c1ncn2[C@@H]1O[C@H](CO)[C@@H](O)[C@H]1O. The predicted molar refractivity (Wildman–Crippen MR) is 118 cm³/mol. The van der Waals surface area contributed by atoms with E-state index in [2.05, 4.69) is 15.0 Å². The Hall–Kier alpha value is -2.58. The Bertz CT molecular complexity index is 1050. The molecule has 3 rings (SSSR count). The molecule has 1 fully saturated rings. The largest absolute Gasteiger partial charge is 0.443 e. The van der Waals surface area contributed by atoms with Gasteiger partial charge in [0, 0.05) is 0 Å². The molecule has 0 saturated carbocycles. The lowest BCUT2D eigenvalue weighted by molar-refractivity contribution is -0.0511. The standard InChI is InChI=1S/C20H28ClN5O8/c1-19(2,3)33-17(30)26(18(31)34-20(4,5)6)14-10-13(23-16(21)24-14)25(8-22-10)15-12(29)11(28)9(7-27)32-15/h8-9,11-12,15,27-29H,7H2,1-6H3/t9-,11-,12-,15-/m1/s1. The number of imide groups is 1. The fraction of sp³-hybridized carbons (Fsp3) is 0.650. The number of carbonyl (C=O) groups is 2. The quantitative estimate of drug-likeness (QED) is 0.523. The maximum atomic E-state index is 13.0. The zero-order chi connectivity index (χ0) is 25.6. The molecule has 0 radical (unpaired) electrons. The van der Waals surface area contributed by atoms with Gasteiger partial charge in [0.05, 0.1) is 12.9 Å². The highest BCUT2D eigenvalue weighted by atomic mass is 35.5. The second-order valence-corrected chi connectivity index (χ2v) is 10.0. The second-order valence-electron chi connectivity index (χ2n) is 9.67. The molecular formula is C20H28ClN5O8. The molecular weight excluding hydrogens is 474 g/mol. The van der Waals surface area contributed by atoms with E-state index in [1.165, 1.54) is 10.9 Å². The van der Waals surface area contributed by atoms with Gasteiger partial charge in [-0.05, 0) is 53.1 Å². The van der Waals surface area contributed by atoms with Crippen molar-refractivity contribution >= 4 is 40.8 Å². The third-order valence-corrected chi connectivity index (χ3v) is 4.70. The zero-order valence-electron chi connectivity index (χ0n) is 19.6. The Morgan fingerprint density at radius 3 is 2.12 bits per heavy atom. The van der Waals surface area contributed by atoms with E-state index in [0.717, 1.165) is 0 Å². The molecule has 14 heteroatoms. The van der Waals surface area contributed by atoms with E-state index in [1.54, 1.807) is 41.5 Å². The highest BCUT2D eigenvalue weighted by Gasteiger charge is 2.44. The van der Waals surface area contributed by atoms with Crippen molar-refractivity contribution in [1.29, 1.82) is 0 Å². The molecule has 0 spiro atoms. The lowest BCUT2D eigenvalue weighted by atomic mass is 10.1. The lowest BCUT2D eigenvalue weighted by Gasteiger charge is -2.28. The summed E-state index contributed by atoms with van der Waals surface area (Å²) < 4.78 is 17.5. The van der Waals surface area contributed by atoms with Crippen molar-refractivity contribution in [3.8, 4) is 0 Å². The average molecular weight is 502 g/mol. The molecule has 0 bridgehead atoms. The number of aliphatic hydroxyl groups excluding tert-OH is 3. The van der Waals surface area contributed by atoms with Gasteiger partial charge < -0.3 is 29.5 Å². The van der Waals surface area contributed by atoms with Crippen molar-refractivity contribution in [3.05, 3.63) is 11.6 Å². The minimum Gasteiger partial charge on any atom is -0.443 e. The van der Waals surface area contributed by atoms with Gasteiger partial charge in [0.15, 0.2) is 23.2 Å². The summed E-state index contributed by atoms with van der Waals surface area (Å²) in [5, 5.41) is 29.5. The van der Waals surface area contributed by atoms with Crippen molar-refractivity contribution in [1.82, 2.24) is 19.5 Å². The fourth-order valence-electron chi connectivity index (χ4n) is 3.19. The fourth-order valence-corrected chi connectivity index (χ4v) is 3.35. The number of rotatable bonds is 3. The van der Waals surface area contributed by atoms with Crippen LogP contribution in [0.25, 0.3) is 11.2 Å². The minimum absolute atomic E-state index is 0.0121. The van der Waals surface area contributed by atoms with Crippen LogP contribution >= 0.6 is 11.6 Å². The van der Waals surface area contributed by atoms with Gasteiger partial charge in [0.2, 0.25) is 5.28 Å². The van der Waals surface area contributed by atoms with Gasteiger partial charge in [-0.2, -0.15) is 14.9 Å². The van der Waals surface area contributed by atoms with E-state index in [1.807, 2.05) is 0 Å². The number of hydrogen-bond acceptors (Lipinski definition) is 11. The number of anilines is 1. The van der Waals surface area contributed by atoms with E-state index in [4.69, 9.17) is 25.8 Å². The van der Waals surface area contributed by atoms with Gasteiger partial charge in [-0.3, -0.25) is 4.57 Å². The zero-order valence-corrected chi connectivity index (χ0v) is 20.3. The second kappa shape index (κ2) is 9.23. The van der Waals surface area contributed by atoms with E-state index in [0.29, 0.717) is 4.90 Å². The van der Waals surface area contributed by atoms with Crippen LogP contribution in [0.4, 0.5) is 15.4 Å². The molecule has 1 aliphatic rings. The van der Waals surface area contributed by atoms with Gasteiger partial charge in [0.25, 0.3) is 0 Å². The number of nitrogens with zero attached hydrogens (tertiary/aromatic N) is 5. The maximum absolute atomic E-state index is 13.0. The number of imidazole rings is 1. The maximum Gasteiger partial charge on any atom is 0.425 e. The molecule has 2 amide bonds. The highest BCUT2D eigenvalue weighted by Crippen LogP contribution is 2.34. The van der Waals surface area contributed by atoms with Gasteiger partial charge in [-0.1, -0.05) is 0 Å². The molecule has 1 saturated heterocycles. The van der Waals surface area contributed by atoms with E-state index >= 15 is 0 Å². The summed E-state index contributed by atoms with van der Waals surface area (Å²) in [4.78, 5) is 38.9. The molecule has 2 aromatic rings. The summed E-state index contributed by atoms with van der Waals surface area (Å²) in [6, 6.07) is 0. The van der Waals surface area contributed by atoms with Crippen molar-refractivity contribution in [2.24, 2.45) is 0 Å². The van der Waals surface area contributed by atoms with Crippen LogP contribution in [0.5, 0.6) is 0 Å². The molecule has 4 atom stereocenters. The van der Waals surface area contributed by atoms with Crippen LogP contribution < -0.4 is 4.90 Å². The number of carbonyl (C=O) groups excluding carboxylic acids is 2. The van der Waals surface area contributed by atoms with Crippen LogP contribution in [0.15, 0.2) is 6.33 Å². The number of aromatic nitrogens is 4. The van der Waals surface area contributed by atoms with Crippen molar-refractivity contribution in [2.45, 2.75) is 77.3 Å². The molecule has 188 valence electrons. The van der Waals surface area contributed by atoms with Crippen LogP contribution in [-0.4, -0.2) is 83.1 Å². The summed E-state index contributed by atoms with van der Waals surface area (Å²) in [6.07, 6.45) is -5.99. The summed E-state index contributed by atoms with van der Waals surface area (Å²) in [6.45, 7) is 9.20. The molecule has 3 N–H and O–H groups in total. The van der Waals surface area contributed by atoms with Gasteiger partial charge in [-0.15, -0.1) is 0 Å². The third kappa shape index (κ3) is 5.39. The topological polar surface area (TPSA) is 169 Å². The van der Waals surface area contributed by atoms with E-state index in [-0.39, 0.29) is 22.3 Å². The average Bonchev–Trinajstić information content (AvgIpc) is 3.20. The molecule has 34 heavy (non-hydrogen) atoms. The Labute approximate surface area is 200 Å². The van der Waals surface area contributed by atoms with Gasteiger partial charge in [0.1, 0.15) is 29.5 Å². The van der Waals surface area contributed by atoms with Crippen LogP contribution in [0, 0.1) is 0 Å². The summed E-state index contributed by atoms with van der Waals surface area (Å²) in [7, 11) is 0. The number of ether oxygens (including phenoxy) is 3. The molecule has 0 unspecified atom stereocenters. The Balaban J connectivity index is 2.13. The Kier molecular flexibility index (Phi) is 7.06. The summed E-state index contributed by atoms with van der Waals surface area (Å²) in [5.41, 5.74) is -1.98. The molecule has 13 nitrogen and oxygen atoms in total. The molecule has 3 heterocycles. The van der Waals surface area contributed by atoms with E-state index in [9.17, 15) is 24.9 Å². The Morgan fingerprint density at radius 1 is 1.09 bits per heavy atom. The van der Waals surface area contributed by atoms with Crippen LogP contribution in [-0.2, 0) is 14.2 Å². The highest BCUT2D eigenvalue weighted by molar-refractivity contribution is 6.29. The normalized spacial score (nSPS) is 23.2. The van der Waals surface area contributed by atoms with Gasteiger partial charge in [-0.25, -0.2) is 14.6 Å². The summed E-state index contributed by atoms with van der Waals surface area (Å²) >= 11 is 6.11. The lowest BCUT2D eigenvalue weighted by Crippen LogP contribution is -2.44. The first kappa shape index (κ1) is 26.0. The first-order valence-corrected chi connectivity index (χ1v) is 10.8. The third-order valence-electron chi connectivity index (χ3n) is 4.53. The molecule has 1 aliphatic heterocycles.